The molecule has 0 amide bonds. The first-order chi connectivity index (χ1) is 11.7. The molecule has 3 heterocycles. The van der Waals surface area contributed by atoms with Gasteiger partial charge in [0.15, 0.2) is 0 Å². The predicted molar refractivity (Wildman–Crippen MR) is 87.4 cm³/mol. The number of aromatic amines is 1. The molecule has 8 nitrogen and oxygen atoms in total. The lowest BCUT2D eigenvalue weighted by atomic mass is 10.1. The van der Waals surface area contributed by atoms with E-state index in [1.54, 1.807) is 17.1 Å². The van der Waals surface area contributed by atoms with Crippen molar-refractivity contribution in [2.24, 2.45) is 0 Å². The normalized spacial score (nSPS) is 13.7. The lowest BCUT2D eigenvalue weighted by molar-refractivity contribution is 0.426. The van der Waals surface area contributed by atoms with E-state index >= 15 is 0 Å². The molecule has 0 saturated heterocycles. The molecule has 0 spiro atoms. The Kier molecular flexibility index (Phi) is 4.98. The Morgan fingerprint density at radius 2 is 2.33 bits per heavy atom. The zero-order valence-corrected chi connectivity index (χ0v) is 13.6. The number of fused-ring (bicyclic) bond motifs is 1. The minimum absolute atomic E-state index is 0.0892. The fraction of sp³-hybridized carbons (Fsp3) is 0.333. The van der Waals surface area contributed by atoms with Crippen LogP contribution in [0.1, 0.15) is 25.3 Å². The van der Waals surface area contributed by atoms with Gasteiger partial charge < -0.3 is 9.54 Å². The summed E-state index contributed by atoms with van der Waals surface area (Å²) in [5.41, 5.74) is 2.35. The Balaban J connectivity index is 1.84. The van der Waals surface area contributed by atoms with E-state index in [0.717, 1.165) is 22.3 Å². The van der Waals surface area contributed by atoms with E-state index in [4.69, 9.17) is 5.26 Å². The maximum absolute atomic E-state index is 10.7. The third kappa shape index (κ3) is 3.50. The second-order valence-corrected chi connectivity index (χ2v) is 6.35. The first-order valence-electron chi connectivity index (χ1n) is 7.44. The molecule has 9 heteroatoms. The molecule has 1 N–H and O–H groups in total. The van der Waals surface area contributed by atoms with E-state index in [1.807, 2.05) is 12.3 Å². The lowest BCUT2D eigenvalue weighted by Crippen LogP contribution is -2.10. The van der Waals surface area contributed by atoms with E-state index in [0.29, 0.717) is 12.8 Å². The average Bonchev–Trinajstić information content (AvgIpc) is 3.22. The molecule has 3 rings (SSSR count). The summed E-state index contributed by atoms with van der Waals surface area (Å²) in [4.78, 5) is 11.5. The van der Waals surface area contributed by atoms with Crippen LogP contribution in [0.2, 0.25) is 0 Å². The molecule has 2 atom stereocenters. The van der Waals surface area contributed by atoms with Crippen LogP contribution in [0, 0.1) is 11.3 Å². The Bertz CT molecular complexity index is 897. The van der Waals surface area contributed by atoms with Crippen molar-refractivity contribution in [3.63, 3.8) is 0 Å². The van der Waals surface area contributed by atoms with Crippen LogP contribution in [0.15, 0.2) is 31.0 Å². The predicted octanol–water partition coefficient (Wildman–Crippen LogP) is 1.94. The first kappa shape index (κ1) is 16.3. The summed E-state index contributed by atoms with van der Waals surface area (Å²) in [7, 11) is 0. The largest absolute Gasteiger partial charge is 0.772 e. The van der Waals surface area contributed by atoms with Gasteiger partial charge in [0, 0.05) is 29.1 Å². The minimum Gasteiger partial charge on any atom is -0.772 e. The molecule has 0 aromatic carbocycles. The second kappa shape index (κ2) is 7.33. The highest BCUT2D eigenvalue weighted by Crippen LogP contribution is 2.26. The van der Waals surface area contributed by atoms with Crippen LogP contribution >= 0.6 is 0 Å². The van der Waals surface area contributed by atoms with Crippen molar-refractivity contribution in [1.29, 1.82) is 5.26 Å². The molecule has 24 heavy (non-hydrogen) atoms. The number of hydrogen-bond acceptors (Lipinski definition) is 6. The summed E-state index contributed by atoms with van der Waals surface area (Å²) in [6, 6.07) is 3.88. The zero-order valence-electron chi connectivity index (χ0n) is 12.8. The van der Waals surface area contributed by atoms with E-state index in [1.165, 1.54) is 6.33 Å². The number of nitrogens with one attached hydrogen (secondary N) is 1. The number of aromatic nitrogens is 5. The molecule has 3 aromatic heterocycles. The van der Waals surface area contributed by atoms with Crippen molar-refractivity contribution in [3.05, 3.63) is 31.0 Å². The molecule has 3 aromatic rings. The maximum atomic E-state index is 10.7. The molecule has 0 aliphatic heterocycles. The first-order valence-corrected chi connectivity index (χ1v) is 8.69. The van der Waals surface area contributed by atoms with Crippen LogP contribution in [-0.2, 0) is 11.1 Å². The van der Waals surface area contributed by atoms with E-state index < -0.39 is 11.1 Å². The third-order valence-corrected chi connectivity index (χ3v) is 4.40. The van der Waals surface area contributed by atoms with E-state index in [-0.39, 0.29) is 18.2 Å². The van der Waals surface area contributed by atoms with Gasteiger partial charge in [0.25, 0.3) is 0 Å². The van der Waals surface area contributed by atoms with Crippen molar-refractivity contribution in [3.8, 4) is 17.3 Å². The van der Waals surface area contributed by atoms with Gasteiger partial charge in [-0.3, -0.25) is 8.89 Å². The van der Waals surface area contributed by atoms with E-state index in [2.05, 4.69) is 26.1 Å². The summed E-state index contributed by atoms with van der Waals surface area (Å²) in [6.07, 6.45) is 8.17. The van der Waals surface area contributed by atoms with Crippen LogP contribution in [0.3, 0.4) is 0 Å². The molecule has 2 unspecified atom stereocenters. The van der Waals surface area contributed by atoms with Crippen LogP contribution in [0.4, 0.5) is 0 Å². The van der Waals surface area contributed by atoms with Crippen molar-refractivity contribution < 1.29 is 8.76 Å². The second-order valence-electron chi connectivity index (χ2n) is 5.34. The van der Waals surface area contributed by atoms with Crippen molar-refractivity contribution in [2.45, 2.75) is 25.3 Å². The molecule has 0 radical (unpaired) electrons. The van der Waals surface area contributed by atoms with Gasteiger partial charge in [-0.15, -0.1) is 0 Å². The average molecular weight is 343 g/mol. The van der Waals surface area contributed by atoms with Gasteiger partial charge in [-0.2, -0.15) is 10.4 Å². The maximum Gasteiger partial charge on any atom is 0.141 e. The van der Waals surface area contributed by atoms with Crippen molar-refractivity contribution in [1.82, 2.24) is 24.7 Å². The standard InChI is InChI=1S/C15H16N6O2S/c16-5-3-12(2-1-7-24(22)23)21-9-11(8-20-21)14-13-4-6-17-15(13)19-10-18-14/h4,6,8-10,12H,1-3,7H2,(H,22,23)(H,17,18,19)/p-1. The van der Waals surface area contributed by atoms with Gasteiger partial charge in [-0.05, 0) is 18.9 Å². The number of H-pyrrole nitrogens is 1. The molecule has 0 aliphatic carbocycles. The molecule has 0 aliphatic rings. The van der Waals surface area contributed by atoms with Gasteiger partial charge in [0.05, 0.1) is 30.4 Å². The molecular formula is C15H15N6O2S-. The summed E-state index contributed by atoms with van der Waals surface area (Å²) in [5, 5.41) is 14.2. The molecule has 0 saturated carbocycles. The Morgan fingerprint density at radius 3 is 3.12 bits per heavy atom. The van der Waals surface area contributed by atoms with Crippen LogP contribution in [0.5, 0.6) is 0 Å². The fourth-order valence-corrected chi connectivity index (χ4v) is 3.03. The van der Waals surface area contributed by atoms with Gasteiger partial charge >= 0.3 is 0 Å². The number of nitrogens with zero attached hydrogens (tertiary/aromatic N) is 5. The highest BCUT2D eigenvalue weighted by atomic mass is 32.2. The molecular weight excluding hydrogens is 328 g/mol. The summed E-state index contributed by atoms with van der Waals surface area (Å²) in [6.45, 7) is 0. The highest BCUT2D eigenvalue weighted by Gasteiger charge is 2.15. The third-order valence-electron chi connectivity index (χ3n) is 3.78. The van der Waals surface area contributed by atoms with Crippen LogP contribution in [-0.4, -0.2) is 39.2 Å². The summed E-state index contributed by atoms with van der Waals surface area (Å²) < 4.78 is 23.0. The van der Waals surface area contributed by atoms with Gasteiger partial charge in [-0.1, -0.05) is 11.1 Å². The SMILES string of the molecule is N#CCC(CCCS(=O)[O-])n1cc(-c2ncnc3[nH]ccc23)cn1. The lowest BCUT2D eigenvalue weighted by Gasteiger charge is -2.14. The Morgan fingerprint density at radius 1 is 1.46 bits per heavy atom. The van der Waals surface area contributed by atoms with E-state index in [9.17, 15) is 8.76 Å². The summed E-state index contributed by atoms with van der Waals surface area (Å²) >= 11 is -2.06. The number of rotatable bonds is 7. The molecule has 0 bridgehead atoms. The van der Waals surface area contributed by atoms with Crippen molar-refractivity contribution >= 4 is 22.1 Å². The topological polar surface area (TPSA) is 123 Å². The Hall–Kier alpha value is -2.57. The summed E-state index contributed by atoms with van der Waals surface area (Å²) in [5.74, 6) is 0.0892. The highest BCUT2D eigenvalue weighted by molar-refractivity contribution is 7.79. The number of hydrogen-bond donors (Lipinski definition) is 1. The van der Waals surface area contributed by atoms with Gasteiger partial charge in [0.1, 0.15) is 12.0 Å². The number of nitriles is 1. The smallest absolute Gasteiger partial charge is 0.141 e. The van der Waals surface area contributed by atoms with Gasteiger partial charge in [0.2, 0.25) is 0 Å². The van der Waals surface area contributed by atoms with Crippen LogP contribution in [0.25, 0.3) is 22.3 Å². The monoisotopic (exact) mass is 343 g/mol. The molecule has 0 fully saturated rings. The van der Waals surface area contributed by atoms with Crippen molar-refractivity contribution in [2.75, 3.05) is 5.75 Å². The van der Waals surface area contributed by atoms with Gasteiger partial charge in [-0.25, -0.2) is 9.97 Å². The fourth-order valence-electron chi connectivity index (χ4n) is 2.63. The quantitative estimate of drug-likeness (QED) is 0.654. The molecule has 124 valence electrons. The Labute approximate surface area is 140 Å². The minimum atomic E-state index is -2.06. The van der Waals surface area contributed by atoms with Crippen LogP contribution < -0.4 is 0 Å². The zero-order chi connectivity index (χ0) is 16.9.